The lowest BCUT2D eigenvalue weighted by atomic mass is 10.2. The standard InChI is InChI=1S/C20H25N3O3S/c1-15(27-18-7-5-17(25-2)6-8-18)20(24)22-14-16-4-3-9-21-19(16)23-10-12-26-13-11-23/h3-9,15H,10-14H2,1-2H3,(H,22,24)/t15-/m0/s1. The molecular weight excluding hydrogens is 362 g/mol. The summed E-state index contributed by atoms with van der Waals surface area (Å²) in [4.78, 5) is 20.3. The van der Waals surface area contributed by atoms with E-state index in [-0.39, 0.29) is 11.2 Å². The number of carbonyl (C=O) groups excluding carboxylic acids is 1. The SMILES string of the molecule is COc1ccc(S[C@@H](C)C(=O)NCc2cccnc2N2CCOCC2)cc1. The van der Waals surface area contributed by atoms with E-state index in [2.05, 4.69) is 15.2 Å². The quantitative estimate of drug-likeness (QED) is 0.737. The molecule has 0 bridgehead atoms. The number of pyridine rings is 1. The molecule has 1 atom stereocenters. The number of aromatic nitrogens is 1. The minimum absolute atomic E-state index is 0.00704. The normalized spacial score (nSPS) is 15.3. The number of hydrogen-bond acceptors (Lipinski definition) is 6. The number of morpholine rings is 1. The fourth-order valence-corrected chi connectivity index (χ4v) is 3.76. The highest BCUT2D eigenvalue weighted by Gasteiger charge is 2.18. The van der Waals surface area contributed by atoms with Crippen LogP contribution < -0.4 is 15.0 Å². The third-order valence-corrected chi connectivity index (χ3v) is 5.48. The molecule has 0 aliphatic carbocycles. The number of nitrogens with one attached hydrogen (secondary N) is 1. The lowest BCUT2D eigenvalue weighted by Crippen LogP contribution is -2.38. The van der Waals surface area contributed by atoms with Crippen LogP contribution in [0.25, 0.3) is 0 Å². The lowest BCUT2D eigenvalue weighted by Gasteiger charge is -2.29. The molecule has 1 aromatic carbocycles. The van der Waals surface area contributed by atoms with Crippen molar-refractivity contribution in [2.75, 3.05) is 38.3 Å². The first-order chi connectivity index (χ1) is 13.2. The lowest BCUT2D eigenvalue weighted by molar-refractivity contribution is -0.120. The molecule has 1 fully saturated rings. The van der Waals surface area contributed by atoms with Crippen LogP contribution in [0.3, 0.4) is 0 Å². The molecule has 1 N–H and O–H groups in total. The van der Waals surface area contributed by atoms with E-state index in [1.165, 1.54) is 11.8 Å². The number of anilines is 1. The Labute approximate surface area is 164 Å². The van der Waals surface area contributed by atoms with Crippen LogP contribution in [0.1, 0.15) is 12.5 Å². The molecule has 144 valence electrons. The first-order valence-corrected chi connectivity index (χ1v) is 9.90. The van der Waals surface area contributed by atoms with Gasteiger partial charge >= 0.3 is 0 Å². The van der Waals surface area contributed by atoms with Gasteiger partial charge in [0.15, 0.2) is 0 Å². The number of ether oxygens (including phenoxy) is 2. The molecule has 2 aromatic rings. The van der Waals surface area contributed by atoms with Crippen molar-refractivity contribution in [2.45, 2.75) is 23.6 Å². The topological polar surface area (TPSA) is 63.7 Å². The van der Waals surface area contributed by atoms with Crippen molar-refractivity contribution in [3.05, 3.63) is 48.2 Å². The molecule has 1 aromatic heterocycles. The summed E-state index contributed by atoms with van der Waals surface area (Å²) in [6.45, 7) is 5.43. The molecule has 1 amide bonds. The third kappa shape index (κ3) is 5.37. The summed E-state index contributed by atoms with van der Waals surface area (Å²) in [6, 6.07) is 11.6. The van der Waals surface area contributed by atoms with Crippen molar-refractivity contribution >= 4 is 23.5 Å². The summed E-state index contributed by atoms with van der Waals surface area (Å²) in [7, 11) is 1.64. The maximum atomic E-state index is 12.5. The average Bonchev–Trinajstić information content (AvgIpc) is 2.73. The van der Waals surface area contributed by atoms with Crippen LogP contribution in [-0.4, -0.2) is 49.6 Å². The minimum atomic E-state index is -0.193. The van der Waals surface area contributed by atoms with E-state index >= 15 is 0 Å². The Kier molecular flexibility index (Phi) is 6.95. The van der Waals surface area contributed by atoms with Gasteiger partial charge in [0.2, 0.25) is 5.91 Å². The van der Waals surface area contributed by atoms with Crippen LogP contribution in [-0.2, 0) is 16.1 Å². The van der Waals surface area contributed by atoms with Gasteiger partial charge in [-0.15, -0.1) is 11.8 Å². The summed E-state index contributed by atoms with van der Waals surface area (Å²) in [5.74, 6) is 1.74. The number of thioether (sulfide) groups is 1. The highest BCUT2D eigenvalue weighted by atomic mass is 32.2. The monoisotopic (exact) mass is 387 g/mol. The van der Waals surface area contributed by atoms with E-state index in [1.807, 2.05) is 43.3 Å². The third-order valence-electron chi connectivity index (χ3n) is 4.37. The van der Waals surface area contributed by atoms with Crippen molar-refractivity contribution in [1.82, 2.24) is 10.3 Å². The van der Waals surface area contributed by atoms with Gasteiger partial charge in [0.05, 0.1) is 25.6 Å². The molecule has 0 saturated carbocycles. The summed E-state index contributed by atoms with van der Waals surface area (Å²) < 4.78 is 10.6. The molecular formula is C20H25N3O3S. The Morgan fingerprint density at radius 1 is 1.30 bits per heavy atom. The van der Waals surface area contributed by atoms with Crippen LogP contribution >= 0.6 is 11.8 Å². The second-order valence-electron chi connectivity index (χ2n) is 6.24. The molecule has 0 unspecified atom stereocenters. The van der Waals surface area contributed by atoms with E-state index in [0.29, 0.717) is 19.8 Å². The van der Waals surface area contributed by atoms with Crippen LogP contribution in [0.15, 0.2) is 47.5 Å². The van der Waals surface area contributed by atoms with Gasteiger partial charge in [0.1, 0.15) is 11.6 Å². The van der Waals surface area contributed by atoms with Gasteiger partial charge in [-0.25, -0.2) is 4.98 Å². The highest BCUT2D eigenvalue weighted by Crippen LogP contribution is 2.25. The van der Waals surface area contributed by atoms with Crippen molar-refractivity contribution in [3.63, 3.8) is 0 Å². The van der Waals surface area contributed by atoms with Gasteiger partial charge in [0, 0.05) is 36.3 Å². The van der Waals surface area contributed by atoms with Crippen molar-refractivity contribution in [3.8, 4) is 5.75 Å². The first kappa shape index (κ1) is 19.5. The number of hydrogen-bond donors (Lipinski definition) is 1. The molecule has 1 aliphatic heterocycles. The highest BCUT2D eigenvalue weighted by molar-refractivity contribution is 8.00. The van der Waals surface area contributed by atoms with E-state index < -0.39 is 0 Å². The number of benzene rings is 1. The summed E-state index contributed by atoms with van der Waals surface area (Å²) in [6.07, 6.45) is 1.79. The summed E-state index contributed by atoms with van der Waals surface area (Å²) >= 11 is 1.53. The molecule has 2 heterocycles. The maximum Gasteiger partial charge on any atom is 0.233 e. The fourth-order valence-electron chi connectivity index (χ4n) is 2.87. The molecule has 0 radical (unpaired) electrons. The van der Waals surface area contributed by atoms with E-state index in [0.717, 1.165) is 35.1 Å². The second-order valence-corrected chi connectivity index (χ2v) is 7.65. The molecule has 7 heteroatoms. The second kappa shape index (κ2) is 9.62. The van der Waals surface area contributed by atoms with Crippen molar-refractivity contribution < 1.29 is 14.3 Å². The first-order valence-electron chi connectivity index (χ1n) is 9.02. The molecule has 6 nitrogen and oxygen atoms in total. The molecule has 1 saturated heterocycles. The van der Waals surface area contributed by atoms with Gasteiger partial charge < -0.3 is 19.7 Å². The summed E-state index contributed by atoms with van der Waals surface area (Å²) in [5, 5.41) is 2.85. The fraction of sp³-hybridized carbons (Fsp3) is 0.400. The largest absolute Gasteiger partial charge is 0.497 e. The average molecular weight is 388 g/mol. The van der Waals surface area contributed by atoms with Crippen LogP contribution in [0.2, 0.25) is 0 Å². The number of amides is 1. The number of rotatable bonds is 7. The molecule has 27 heavy (non-hydrogen) atoms. The smallest absolute Gasteiger partial charge is 0.233 e. The maximum absolute atomic E-state index is 12.5. The Morgan fingerprint density at radius 3 is 2.74 bits per heavy atom. The van der Waals surface area contributed by atoms with Crippen LogP contribution in [0, 0.1) is 0 Å². The number of methoxy groups -OCH3 is 1. The Balaban J connectivity index is 1.56. The van der Waals surface area contributed by atoms with Gasteiger partial charge in [-0.2, -0.15) is 0 Å². The van der Waals surface area contributed by atoms with Gasteiger partial charge in [0.25, 0.3) is 0 Å². The van der Waals surface area contributed by atoms with Gasteiger partial charge in [-0.05, 0) is 37.3 Å². The number of carbonyl (C=O) groups is 1. The van der Waals surface area contributed by atoms with E-state index in [1.54, 1.807) is 13.3 Å². The van der Waals surface area contributed by atoms with E-state index in [4.69, 9.17) is 9.47 Å². The Bertz CT molecular complexity index is 748. The van der Waals surface area contributed by atoms with Crippen LogP contribution in [0.5, 0.6) is 5.75 Å². The predicted molar refractivity (Wildman–Crippen MR) is 107 cm³/mol. The van der Waals surface area contributed by atoms with Gasteiger partial charge in [-0.3, -0.25) is 4.79 Å². The number of nitrogens with zero attached hydrogens (tertiary/aromatic N) is 2. The zero-order valence-corrected chi connectivity index (χ0v) is 16.5. The summed E-state index contributed by atoms with van der Waals surface area (Å²) in [5.41, 5.74) is 1.02. The molecule has 0 spiro atoms. The Morgan fingerprint density at radius 2 is 2.04 bits per heavy atom. The zero-order valence-electron chi connectivity index (χ0n) is 15.7. The predicted octanol–water partition coefficient (Wildman–Crippen LogP) is 2.72. The molecule has 1 aliphatic rings. The molecule has 3 rings (SSSR count). The van der Waals surface area contributed by atoms with Crippen LogP contribution in [0.4, 0.5) is 5.82 Å². The van der Waals surface area contributed by atoms with Crippen molar-refractivity contribution in [1.29, 1.82) is 0 Å². The van der Waals surface area contributed by atoms with Crippen molar-refractivity contribution in [2.24, 2.45) is 0 Å². The van der Waals surface area contributed by atoms with Gasteiger partial charge in [-0.1, -0.05) is 6.07 Å². The van der Waals surface area contributed by atoms with E-state index in [9.17, 15) is 4.79 Å². The Hall–Kier alpha value is -2.25. The minimum Gasteiger partial charge on any atom is -0.497 e. The zero-order chi connectivity index (χ0) is 19.1.